The standard InChI is InChI=1S/C17H20N2O2/c1-12(15-7-6-14(20)10-17(15)21)19-9-8-18-11-13-4-2-3-5-16(13)19/h2-7,10,12,18,20-21H,8-9,11H2,1H3. The van der Waals surface area contributed by atoms with E-state index in [1.54, 1.807) is 12.1 Å². The molecule has 0 spiro atoms. The highest BCUT2D eigenvalue weighted by molar-refractivity contribution is 5.57. The Morgan fingerprint density at radius 3 is 2.76 bits per heavy atom. The van der Waals surface area contributed by atoms with Crippen LogP contribution >= 0.6 is 0 Å². The summed E-state index contributed by atoms with van der Waals surface area (Å²) < 4.78 is 0. The number of benzene rings is 2. The predicted molar refractivity (Wildman–Crippen MR) is 83.7 cm³/mol. The number of nitrogens with one attached hydrogen (secondary N) is 1. The number of fused-ring (bicyclic) bond motifs is 1. The van der Waals surface area contributed by atoms with E-state index < -0.39 is 0 Å². The second-order valence-corrected chi connectivity index (χ2v) is 5.42. The maximum Gasteiger partial charge on any atom is 0.124 e. The summed E-state index contributed by atoms with van der Waals surface area (Å²) in [7, 11) is 0. The Bertz CT molecular complexity index is 642. The molecule has 0 fully saturated rings. The van der Waals surface area contributed by atoms with Crippen molar-refractivity contribution in [3.05, 3.63) is 53.6 Å². The minimum atomic E-state index is 0.0339. The van der Waals surface area contributed by atoms with Gasteiger partial charge in [-0.1, -0.05) is 18.2 Å². The van der Waals surface area contributed by atoms with Crippen molar-refractivity contribution in [2.45, 2.75) is 19.5 Å². The molecule has 0 saturated heterocycles. The van der Waals surface area contributed by atoms with E-state index in [1.807, 2.05) is 12.1 Å². The summed E-state index contributed by atoms with van der Waals surface area (Å²) in [6.07, 6.45) is 0. The molecule has 0 aliphatic carbocycles. The van der Waals surface area contributed by atoms with Crippen molar-refractivity contribution in [2.75, 3.05) is 18.0 Å². The fourth-order valence-electron chi connectivity index (χ4n) is 2.94. The van der Waals surface area contributed by atoms with Crippen molar-refractivity contribution >= 4 is 5.69 Å². The van der Waals surface area contributed by atoms with E-state index in [2.05, 4.69) is 29.3 Å². The topological polar surface area (TPSA) is 55.7 Å². The van der Waals surface area contributed by atoms with Crippen molar-refractivity contribution in [1.82, 2.24) is 5.32 Å². The molecule has 2 aromatic rings. The van der Waals surface area contributed by atoms with Gasteiger partial charge >= 0.3 is 0 Å². The molecule has 21 heavy (non-hydrogen) atoms. The largest absolute Gasteiger partial charge is 0.508 e. The van der Waals surface area contributed by atoms with Crippen molar-refractivity contribution < 1.29 is 10.2 Å². The number of hydrogen-bond donors (Lipinski definition) is 3. The third kappa shape index (κ3) is 2.67. The molecule has 4 heteroatoms. The number of phenols is 2. The van der Waals surface area contributed by atoms with Crippen LogP contribution in [0.1, 0.15) is 24.1 Å². The van der Waals surface area contributed by atoms with Gasteiger partial charge in [0.1, 0.15) is 11.5 Å². The summed E-state index contributed by atoms with van der Waals surface area (Å²) in [6.45, 7) is 4.71. The summed E-state index contributed by atoms with van der Waals surface area (Å²) in [5.74, 6) is 0.221. The first-order chi connectivity index (χ1) is 10.2. The van der Waals surface area contributed by atoms with Crippen LogP contribution in [0.5, 0.6) is 11.5 Å². The molecule has 0 aromatic heterocycles. The van der Waals surface area contributed by atoms with Gasteiger partial charge in [-0.15, -0.1) is 0 Å². The van der Waals surface area contributed by atoms with Crippen LogP contribution in [-0.4, -0.2) is 23.3 Å². The fourth-order valence-corrected chi connectivity index (χ4v) is 2.94. The molecule has 0 saturated carbocycles. The monoisotopic (exact) mass is 284 g/mol. The molecule has 110 valence electrons. The van der Waals surface area contributed by atoms with Crippen molar-refractivity contribution in [3.63, 3.8) is 0 Å². The van der Waals surface area contributed by atoms with Crippen LogP contribution in [0.25, 0.3) is 0 Å². The molecule has 2 aromatic carbocycles. The lowest BCUT2D eigenvalue weighted by molar-refractivity contribution is 0.441. The van der Waals surface area contributed by atoms with Gasteiger partial charge in [-0.25, -0.2) is 0 Å². The zero-order valence-corrected chi connectivity index (χ0v) is 12.1. The van der Waals surface area contributed by atoms with E-state index in [0.717, 1.165) is 25.2 Å². The molecule has 3 N–H and O–H groups in total. The van der Waals surface area contributed by atoms with E-state index in [1.165, 1.54) is 17.3 Å². The van der Waals surface area contributed by atoms with Gasteiger partial charge in [0.25, 0.3) is 0 Å². The number of anilines is 1. The first-order valence-corrected chi connectivity index (χ1v) is 7.24. The SMILES string of the molecule is CC(c1ccc(O)cc1O)N1CCNCc2ccccc21. The molecule has 1 atom stereocenters. The Hall–Kier alpha value is -2.20. The van der Waals surface area contributed by atoms with Crippen molar-refractivity contribution in [2.24, 2.45) is 0 Å². The third-order valence-electron chi connectivity index (χ3n) is 4.08. The smallest absolute Gasteiger partial charge is 0.124 e. The average Bonchev–Trinajstić information content (AvgIpc) is 2.69. The first kappa shape index (κ1) is 13.8. The molecule has 1 aliphatic rings. The Labute approximate surface area is 124 Å². The number of nitrogens with zero attached hydrogens (tertiary/aromatic N) is 1. The molecule has 3 rings (SSSR count). The molecular weight excluding hydrogens is 264 g/mol. The summed E-state index contributed by atoms with van der Waals surface area (Å²) >= 11 is 0. The van der Waals surface area contributed by atoms with Crippen molar-refractivity contribution in [1.29, 1.82) is 0 Å². The fraction of sp³-hybridized carbons (Fsp3) is 0.294. The van der Waals surface area contributed by atoms with Gasteiger partial charge in [0.2, 0.25) is 0 Å². The quantitative estimate of drug-likeness (QED) is 0.793. The maximum atomic E-state index is 10.1. The molecule has 0 radical (unpaired) electrons. The highest BCUT2D eigenvalue weighted by Crippen LogP contribution is 2.35. The lowest BCUT2D eigenvalue weighted by Crippen LogP contribution is -2.31. The Morgan fingerprint density at radius 2 is 1.95 bits per heavy atom. The van der Waals surface area contributed by atoms with Gasteiger partial charge in [-0.05, 0) is 30.7 Å². The third-order valence-corrected chi connectivity index (χ3v) is 4.08. The summed E-state index contributed by atoms with van der Waals surface area (Å²) in [6, 6.07) is 13.2. The van der Waals surface area contributed by atoms with Gasteiger partial charge in [-0.3, -0.25) is 0 Å². The average molecular weight is 284 g/mol. The second-order valence-electron chi connectivity index (χ2n) is 5.42. The Morgan fingerprint density at radius 1 is 1.14 bits per heavy atom. The van der Waals surface area contributed by atoms with Crippen LogP contribution in [-0.2, 0) is 6.54 Å². The van der Waals surface area contributed by atoms with Crippen molar-refractivity contribution in [3.8, 4) is 11.5 Å². The highest BCUT2D eigenvalue weighted by Gasteiger charge is 2.22. The predicted octanol–water partition coefficient (Wildman–Crippen LogP) is 2.77. The molecule has 1 unspecified atom stereocenters. The minimum Gasteiger partial charge on any atom is -0.508 e. The molecular formula is C17H20N2O2. The lowest BCUT2D eigenvalue weighted by atomic mass is 10.0. The van der Waals surface area contributed by atoms with Gasteiger partial charge in [0, 0.05) is 37.0 Å². The van der Waals surface area contributed by atoms with Gasteiger partial charge in [0.05, 0.1) is 6.04 Å². The molecule has 0 bridgehead atoms. The normalized spacial score (nSPS) is 16.1. The minimum absolute atomic E-state index is 0.0339. The first-order valence-electron chi connectivity index (χ1n) is 7.24. The number of phenolic OH excluding ortho intramolecular Hbond substituents is 2. The highest BCUT2D eigenvalue weighted by atomic mass is 16.3. The van der Waals surface area contributed by atoms with Crippen LogP contribution in [0.3, 0.4) is 0 Å². The Kier molecular flexibility index (Phi) is 3.71. The van der Waals surface area contributed by atoms with E-state index in [0.29, 0.717) is 0 Å². The Balaban J connectivity index is 1.99. The number of para-hydroxylation sites is 1. The van der Waals surface area contributed by atoms with E-state index in [-0.39, 0.29) is 17.5 Å². The number of hydrogen-bond acceptors (Lipinski definition) is 4. The van der Waals surface area contributed by atoms with Crippen LogP contribution in [0.15, 0.2) is 42.5 Å². The van der Waals surface area contributed by atoms with Gasteiger partial charge < -0.3 is 20.4 Å². The lowest BCUT2D eigenvalue weighted by Gasteiger charge is -2.32. The van der Waals surface area contributed by atoms with Crippen LogP contribution in [0.4, 0.5) is 5.69 Å². The number of rotatable bonds is 2. The van der Waals surface area contributed by atoms with E-state index in [4.69, 9.17) is 0 Å². The zero-order chi connectivity index (χ0) is 14.8. The molecule has 4 nitrogen and oxygen atoms in total. The van der Waals surface area contributed by atoms with Gasteiger partial charge in [0.15, 0.2) is 0 Å². The second kappa shape index (κ2) is 5.66. The molecule has 1 aliphatic heterocycles. The zero-order valence-electron chi connectivity index (χ0n) is 12.1. The van der Waals surface area contributed by atoms with E-state index >= 15 is 0 Å². The number of aromatic hydroxyl groups is 2. The molecule has 0 amide bonds. The molecule has 1 heterocycles. The van der Waals surface area contributed by atoms with E-state index in [9.17, 15) is 10.2 Å². The maximum absolute atomic E-state index is 10.1. The summed E-state index contributed by atoms with van der Waals surface area (Å²) in [5.41, 5.74) is 3.28. The van der Waals surface area contributed by atoms with Crippen LogP contribution < -0.4 is 10.2 Å². The summed E-state index contributed by atoms with van der Waals surface area (Å²) in [4.78, 5) is 2.29. The van der Waals surface area contributed by atoms with Crippen LogP contribution in [0.2, 0.25) is 0 Å². The van der Waals surface area contributed by atoms with Gasteiger partial charge in [-0.2, -0.15) is 0 Å². The summed E-state index contributed by atoms with van der Waals surface area (Å²) in [5, 5.41) is 23.0. The van der Waals surface area contributed by atoms with Crippen LogP contribution in [0, 0.1) is 0 Å².